The summed E-state index contributed by atoms with van der Waals surface area (Å²) in [5, 5.41) is 11.4. The summed E-state index contributed by atoms with van der Waals surface area (Å²) >= 11 is 0.486. The molecule has 0 amide bonds. The van der Waals surface area contributed by atoms with Gasteiger partial charge in [-0.1, -0.05) is 32.6 Å². The van der Waals surface area contributed by atoms with Crippen molar-refractivity contribution in [2.24, 2.45) is 11.3 Å². The molecule has 2 rings (SSSR count). The fourth-order valence-electron chi connectivity index (χ4n) is 5.23. The number of alkyl halides is 2. The van der Waals surface area contributed by atoms with Crippen molar-refractivity contribution in [2.75, 3.05) is 35.5 Å². The quantitative estimate of drug-likeness (QED) is 0.263. The van der Waals surface area contributed by atoms with Gasteiger partial charge in [-0.25, -0.2) is 0 Å². The van der Waals surface area contributed by atoms with E-state index in [1.807, 2.05) is 0 Å². The molecule has 28 heavy (non-hydrogen) atoms. The molecule has 0 spiro atoms. The van der Waals surface area contributed by atoms with Crippen LogP contribution in [0.2, 0.25) is 0 Å². The Bertz CT molecular complexity index is 428. The fraction of sp³-hybridized carbons (Fsp3) is 1.00. The number of likely N-dealkylation sites (tertiary alicyclic amines) is 1. The molecule has 1 N–H and O–H groups in total. The number of halogens is 1. The van der Waals surface area contributed by atoms with E-state index in [1.165, 1.54) is 64.2 Å². The van der Waals surface area contributed by atoms with E-state index in [0.717, 1.165) is 25.6 Å². The molecule has 0 bridgehead atoms. The van der Waals surface area contributed by atoms with Crippen molar-refractivity contribution in [1.82, 2.24) is 9.80 Å². The minimum absolute atomic E-state index is 0.177. The van der Waals surface area contributed by atoms with Crippen LogP contribution in [-0.2, 0) is 0 Å². The van der Waals surface area contributed by atoms with Gasteiger partial charge in [-0.3, -0.25) is 0 Å². The third kappa shape index (κ3) is 7.39. The van der Waals surface area contributed by atoms with Gasteiger partial charge in [0.1, 0.15) is 0 Å². The predicted molar refractivity (Wildman–Crippen MR) is 117 cm³/mol. The van der Waals surface area contributed by atoms with E-state index in [4.69, 9.17) is 0 Å². The van der Waals surface area contributed by atoms with Gasteiger partial charge in [-0.15, -0.1) is 0 Å². The second-order valence-corrected chi connectivity index (χ2v) is 13.1. The summed E-state index contributed by atoms with van der Waals surface area (Å²) in [6.45, 7) is 12.3. The van der Waals surface area contributed by atoms with Gasteiger partial charge in [0.15, 0.2) is 0 Å². The Labute approximate surface area is 186 Å². The normalized spacial score (nSPS) is 28.7. The van der Waals surface area contributed by atoms with Crippen molar-refractivity contribution >= 4 is 0 Å². The van der Waals surface area contributed by atoms with Crippen LogP contribution in [0.5, 0.6) is 0 Å². The van der Waals surface area contributed by atoms with Gasteiger partial charge >= 0.3 is 154 Å². The SMILES string of the molecule is CCCCCCCN(C)[C@@H](C)[C@@](C)(O)N1CCC(C[C@@]2(C)CCC[I-]C2)CC1. The van der Waals surface area contributed by atoms with Crippen LogP contribution < -0.4 is 21.2 Å². The Morgan fingerprint density at radius 1 is 1.21 bits per heavy atom. The van der Waals surface area contributed by atoms with Crippen molar-refractivity contribution in [2.45, 2.75) is 104 Å². The number of aliphatic hydroxyl groups is 1. The number of hydrogen-bond donors (Lipinski definition) is 1. The molecule has 2 heterocycles. The average molecular weight is 508 g/mol. The van der Waals surface area contributed by atoms with Crippen LogP contribution in [0.15, 0.2) is 0 Å². The molecule has 0 saturated carbocycles. The number of rotatable bonds is 11. The van der Waals surface area contributed by atoms with Crippen LogP contribution in [0, 0.1) is 11.3 Å². The number of unbranched alkanes of at least 4 members (excludes halogenated alkanes) is 4. The maximum absolute atomic E-state index is 11.4. The molecule has 2 saturated heterocycles. The van der Waals surface area contributed by atoms with E-state index >= 15 is 0 Å². The third-order valence-corrected chi connectivity index (χ3v) is 11.5. The van der Waals surface area contributed by atoms with Crippen LogP contribution >= 0.6 is 0 Å². The van der Waals surface area contributed by atoms with Crippen LogP contribution in [0.4, 0.5) is 0 Å². The molecule has 2 aliphatic rings. The minimum atomic E-state index is -0.719. The Morgan fingerprint density at radius 3 is 2.50 bits per heavy atom. The Morgan fingerprint density at radius 2 is 1.89 bits per heavy atom. The zero-order chi connectivity index (χ0) is 20.6. The molecular weight excluding hydrogens is 459 g/mol. The topological polar surface area (TPSA) is 26.7 Å². The van der Waals surface area contributed by atoms with Crippen LogP contribution in [0.1, 0.15) is 91.9 Å². The first kappa shape index (κ1) is 24.9. The number of piperidine rings is 1. The van der Waals surface area contributed by atoms with Crippen LogP contribution in [0.25, 0.3) is 0 Å². The van der Waals surface area contributed by atoms with Gasteiger partial charge in [-0.2, -0.15) is 0 Å². The molecule has 0 aromatic carbocycles. The summed E-state index contributed by atoms with van der Waals surface area (Å²) in [5.41, 5.74) is -0.0739. The molecule has 0 radical (unpaired) electrons. The molecule has 2 fully saturated rings. The summed E-state index contributed by atoms with van der Waals surface area (Å²) in [6.07, 6.45) is 13.5. The summed E-state index contributed by atoms with van der Waals surface area (Å²) in [4.78, 5) is 4.75. The monoisotopic (exact) mass is 507 g/mol. The Kier molecular flexibility index (Phi) is 10.5. The Balaban J connectivity index is 1.75. The molecule has 0 aliphatic carbocycles. The number of likely N-dealkylation sites (N-methyl/N-ethyl adjacent to an activating group) is 1. The van der Waals surface area contributed by atoms with Gasteiger partial charge in [0.2, 0.25) is 0 Å². The molecule has 0 aromatic rings. The zero-order valence-electron chi connectivity index (χ0n) is 19.5. The third-order valence-electron chi connectivity index (χ3n) is 7.57. The van der Waals surface area contributed by atoms with Gasteiger partial charge in [0.05, 0.1) is 0 Å². The van der Waals surface area contributed by atoms with Crippen LogP contribution in [0.3, 0.4) is 0 Å². The van der Waals surface area contributed by atoms with Crippen molar-refractivity contribution in [1.29, 1.82) is 0 Å². The zero-order valence-corrected chi connectivity index (χ0v) is 21.6. The fourth-order valence-corrected chi connectivity index (χ4v) is 8.53. The van der Waals surface area contributed by atoms with Crippen molar-refractivity contribution in [3.05, 3.63) is 0 Å². The van der Waals surface area contributed by atoms with Crippen molar-refractivity contribution in [3.8, 4) is 0 Å². The van der Waals surface area contributed by atoms with E-state index in [9.17, 15) is 5.11 Å². The summed E-state index contributed by atoms with van der Waals surface area (Å²) in [5.74, 6) is 0.880. The molecular formula is C24H48IN2O-. The van der Waals surface area contributed by atoms with Crippen molar-refractivity contribution < 1.29 is 26.3 Å². The first-order valence-corrected chi connectivity index (χ1v) is 15.0. The summed E-state index contributed by atoms with van der Waals surface area (Å²) in [7, 11) is 2.19. The molecule has 3 atom stereocenters. The van der Waals surface area contributed by atoms with Gasteiger partial charge in [0.25, 0.3) is 0 Å². The number of hydrogen-bond acceptors (Lipinski definition) is 3. The van der Waals surface area contributed by atoms with E-state index in [2.05, 4.69) is 44.5 Å². The van der Waals surface area contributed by atoms with Gasteiger partial charge < -0.3 is 0 Å². The molecule has 4 heteroatoms. The number of nitrogens with zero attached hydrogens (tertiary/aromatic N) is 2. The molecule has 0 unspecified atom stereocenters. The maximum atomic E-state index is 11.4. The first-order chi connectivity index (χ1) is 13.3. The summed E-state index contributed by atoms with van der Waals surface area (Å²) < 4.78 is 3.10. The van der Waals surface area contributed by atoms with Crippen molar-refractivity contribution in [3.63, 3.8) is 0 Å². The van der Waals surface area contributed by atoms with E-state index in [-0.39, 0.29) is 6.04 Å². The Hall–Kier alpha value is 0.610. The summed E-state index contributed by atoms with van der Waals surface area (Å²) in [6, 6.07) is 0.177. The molecule has 2 aliphatic heterocycles. The molecule has 3 nitrogen and oxygen atoms in total. The second kappa shape index (κ2) is 11.9. The first-order valence-electron chi connectivity index (χ1n) is 12.0. The molecule has 168 valence electrons. The molecule has 0 aromatic heterocycles. The van der Waals surface area contributed by atoms with Gasteiger partial charge in [-0.05, 0) is 0 Å². The van der Waals surface area contributed by atoms with Gasteiger partial charge in [0, 0.05) is 0 Å². The second-order valence-electron chi connectivity index (χ2n) is 10.2. The van der Waals surface area contributed by atoms with E-state index in [1.54, 1.807) is 8.86 Å². The standard InChI is InChI=1S/C24H48IN2O/c1-6-7-8-9-10-16-26(5)21(2)24(4,28)27-17-12-22(13-18-27)19-23(3)14-11-15-25-20-23/h21-22,28H,6-20H2,1-5H3/q-1/t21-,23+,24+/m0/s1. The van der Waals surface area contributed by atoms with Crippen LogP contribution in [-0.4, -0.2) is 62.2 Å². The van der Waals surface area contributed by atoms with E-state index in [0.29, 0.717) is 26.6 Å². The average Bonchev–Trinajstić information content (AvgIpc) is 2.67. The predicted octanol–water partition coefficient (Wildman–Crippen LogP) is 1.98. The van der Waals surface area contributed by atoms with E-state index < -0.39 is 5.72 Å².